The fraction of sp³-hybridized carbons (Fsp3) is 0.333. The highest BCUT2D eigenvalue weighted by Gasteiger charge is 2.25. The van der Waals surface area contributed by atoms with E-state index >= 15 is 0 Å². The van der Waals surface area contributed by atoms with Crippen LogP contribution < -0.4 is 0 Å². The summed E-state index contributed by atoms with van der Waals surface area (Å²) >= 11 is 0. The molecule has 7 heteroatoms. The molecule has 1 saturated heterocycles. The van der Waals surface area contributed by atoms with E-state index in [-0.39, 0.29) is 22.8 Å². The Morgan fingerprint density at radius 2 is 1.43 bits per heavy atom. The van der Waals surface area contributed by atoms with Gasteiger partial charge in [-0.1, -0.05) is 43.2 Å². The first kappa shape index (κ1) is 20.2. The zero-order chi connectivity index (χ0) is 20.0. The van der Waals surface area contributed by atoms with Crippen LogP contribution in [0.4, 0.5) is 0 Å². The molecule has 0 bridgehead atoms. The molecule has 0 amide bonds. The minimum Gasteiger partial charge on any atom is -0.454 e. The lowest BCUT2D eigenvalue weighted by Crippen LogP contribution is -2.31. The molecule has 0 unspecified atom stereocenters. The number of hydrogen-bond donors (Lipinski definition) is 0. The van der Waals surface area contributed by atoms with E-state index in [1.165, 1.54) is 28.6 Å². The summed E-state index contributed by atoms with van der Waals surface area (Å²) in [6.45, 7) is 0.679. The van der Waals surface area contributed by atoms with Crippen LogP contribution in [0.15, 0.2) is 59.5 Å². The van der Waals surface area contributed by atoms with Gasteiger partial charge in [-0.3, -0.25) is 4.79 Å². The Labute approximate surface area is 165 Å². The molecule has 1 heterocycles. The molecule has 3 rings (SSSR count). The summed E-state index contributed by atoms with van der Waals surface area (Å²) in [5.74, 6) is -0.961. The van der Waals surface area contributed by atoms with Gasteiger partial charge in [0.05, 0.1) is 10.5 Å². The molecular weight excluding hydrogens is 378 g/mol. The summed E-state index contributed by atoms with van der Waals surface area (Å²) in [6.07, 6.45) is 3.80. The first-order valence-corrected chi connectivity index (χ1v) is 10.8. The zero-order valence-corrected chi connectivity index (χ0v) is 16.4. The Kier molecular flexibility index (Phi) is 6.59. The van der Waals surface area contributed by atoms with Crippen LogP contribution in [-0.4, -0.2) is 44.2 Å². The van der Waals surface area contributed by atoms with Crippen LogP contribution in [0, 0.1) is 0 Å². The molecule has 6 nitrogen and oxygen atoms in total. The predicted octanol–water partition coefficient (Wildman–Crippen LogP) is 3.29. The number of benzene rings is 2. The second-order valence-electron chi connectivity index (χ2n) is 6.71. The summed E-state index contributed by atoms with van der Waals surface area (Å²) in [4.78, 5) is 24.3. The van der Waals surface area contributed by atoms with Crippen LogP contribution in [0.2, 0.25) is 0 Å². The van der Waals surface area contributed by atoms with Crippen molar-refractivity contribution in [2.45, 2.75) is 30.6 Å². The van der Waals surface area contributed by atoms with Crippen LogP contribution >= 0.6 is 0 Å². The van der Waals surface area contributed by atoms with Crippen molar-refractivity contribution >= 4 is 21.8 Å². The van der Waals surface area contributed by atoms with E-state index < -0.39 is 16.0 Å². The SMILES string of the molecule is O=C(COC(=O)c1ccc(S(=O)(=O)N2CCCCCC2)cc1)c1ccccc1. The number of Topliss-reactive ketones (excluding diaryl/α,β-unsaturated/α-hetero) is 1. The van der Waals surface area contributed by atoms with Gasteiger partial charge in [0.1, 0.15) is 0 Å². The maximum Gasteiger partial charge on any atom is 0.338 e. The Bertz CT molecular complexity index is 915. The van der Waals surface area contributed by atoms with Gasteiger partial charge in [0.25, 0.3) is 0 Å². The summed E-state index contributed by atoms with van der Waals surface area (Å²) < 4.78 is 32.1. The normalized spacial score (nSPS) is 15.6. The van der Waals surface area contributed by atoms with Crippen molar-refractivity contribution < 1.29 is 22.7 Å². The van der Waals surface area contributed by atoms with E-state index in [1.807, 2.05) is 0 Å². The Hall–Kier alpha value is -2.51. The molecule has 0 atom stereocenters. The molecular formula is C21H23NO5S. The Morgan fingerprint density at radius 1 is 0.821 bits per heavy atom. The largest absolute Gasteiger partial charge is 0.454 e. The van der Waals surface area contributed by atoms with Crippen LogP contribution in [0.3, 0.4) is 0 Å². The molecule has 0 N–H and O–H groups in total. The molecule has 1 aliphatic rings. The van der Waals surface area contributed by atoms with Crippen molar-refractivity contribution in [1.82, 2.24) is 4.31 Å². The molecule has 2 aromatic carbocycles. The van der Waals surface area contributed by atoms with Gasteiger partial charge in [0, 0.05) is 18.7 Å². The molecule has 1 fully saturated rings. The molecule has 0 aliphatic carbocycles. The fourth-order valence-electron chi connectivity index (χ4n) is 3.12. The second kappa shape index (κ2) is 9.12. The smallest absolute Gasteiger partial charge is 0.338 e. The molecule has 0 radical (unpaired) electrons. The molecule has 1 aliphatic heterocycles. The van der Waals surface area contributed by atoms with Crippen molar-refractivity contribution in [2.75, 3.05) is 19.7 Å². The number of rotatable bonds is 6. The third kappa shape index (κ3) is 4.85. The fourth-order valence-corrected chi connectivity index (χ4v) is 4.63. The molecule has 2 aromatic rings. The number of carbonyl (C=O) groups excluding carboxylic acids is 2. The minimum absolute atomic E-state index is 0.159. The number of sulfonamides is 1. The van der Waals surface area contributed by atoms with Gasteiger partial charge in [0.15, 0.2) is 12.4 Å². The van der Waals surface area contributed by atoms with Gasteiger partial charge in [-0.05, 0) is 37.1 Å². The van der Waals surface area contributed by atoms with Gasteiger partial charge in [-0.15, -0.1) is 0 Å². The molecule has 0 spiro atoms. The third-order valence-corrected chi connectivity index (χ3v) is 6.64. The van der Waals surface area contributed by atoms with E-state index in [2.05, 4.69) is 0 Å². The van der Waals surface area contributed by atoms with E-state index in [1.54, 1.807) is 30.3 Å². The van der Waals surface area contributed by atoms with Crippen molar-refractivity contribution in [3.05, 3.63) is 65.7 Å². The monoisotopic (exact) mass is 401 g/mol. The number of ether oxygens (including phenoxy) is 1. The highest BCUT2D eigenvalue weighted by atomic mass is 32.2. The molecule has 0 saturated carbocycles. The molecule has 0 aromatic heterocycles. The van der Waals surface area contributed by atoms with Crippen LogP contribution in [0.25, 0.3) is 0 Å². The van der Waals surface area contributed by atoms with Gasteiger partial charge < -0.3 is 4.74 Å². The number of ketones is 1. The number of hydrogen-bond acceptors (Lipinski definition) is 5. The van der Waals surface area contributed by atoms with Crippen LogP contribution in [0.1, 0.15) is 46.4 Å². The number of nitrogens with zero attached hydrogens (tertiary/aromatic N) is 1. The summed E-state index contributed by atoms with van der Waals surface area (Å²) in [6, 6.07) is 14.2. The van der Waals surface area contributed by atoms with E-state index in [9.17, 15) is 18.0 Å². The highest BCUT2D eigenvalue weighted by Crippen LogP contribution is 2.21. The average Bonchev–Trinajstić information content (AvgIpc) is 3.02. The van der Waals surface area contributed by atoms with Gasteiger partial charge in [-0.25, -0.2) is 13.2 Å². The van der Waals surface area contributed by atoms with E-state index in [0.717, 1.165) is 25.7 Å². The first-order valence-electron chi connectivity index (χ1n) is 9.34. The summed E-state index contributed by atoms with van der Waals surface area (Å²) in [5.41, 5.74) is 0.671. The average molecular weight is 401 g/mol. The van der Waals surface area contributed by atoms with Gasteiger partial charge in [-0.2, -0.15) is 4.31 Å². The van der Waals surface area contributed by atoms with E-state index in [0.29, 0.717) is 18.7 Å². The van der Waals surface area contributed by atoms with Crippen molar-refractivity contribution in [3.63, 3.8) is 0 Å². The molecule has 28 heavy (non-hydrogen) atoms. The lowest BCUT2D eigenvalue weighted by molar-refractivity contribution is 0.0474. The quantitative estimate of drug-likeness (QED) is 0.548. The Balaban J connectivity index is 1.63. The van der Waals surface area contributed by atoms with Crippen molar-refractivity contribution in [2.24, 2.45) is 0 Å². The standard InChI is InChI=1S/C21H23NO5S/c23-20(17-8-4-3-5-9-17)16-27-21(24)18-10-12-19(13-11-18)28(25,26)22-14-6-1-2-7-15-22/h3-5,8-13H,1-2,6-7,14-16H2. The lowest BCUT2D eigenvalue weighted by Gasteiger charge is -2.19. The first-order chi connectivity index (χ1) is 13.5. The van der Waals surface area contributed by atoms with Crippen molar-refractivity contribution in [1.29, 1.82) is 0 Å². The molecule has 148 valence electrons. The van der Waals surface area contributed by atoms with E-state index in [4.69, 9.17) is 4.74 Å². The topological polar surface area (TPSA) is 80.8 Å². The summed E-state index contributed by atoms with van der Waals surface area (Å²) in [5, 5.41) is 0. The van der Waals surface area contributed by atoms with Crippen LogP contribution in [0.5, 0.6) is 0 Å². The highest BCUT2D eigenvalue weighted by molar-refractivity contribution is 7.89. The van der Waals surface area contributed by atoms with Gasteiger partial charge >= 0.3 is 5.97 Å². The number of carbonyl (C=O) groups is 2. The maximum absolute atomic E-state index is 12.8. The Morgan fingerprint density at radius 3 is 2.04 bits per heavy atom. The van der Waals surface area contributed by atoms with Crippen LogP contribution in [-0.2, 0) is 14.8 Å². The van der Waals surface area contributed by atoms with Crippen molar-refractivity contribution in [3.8, 4) is 0 Å². The summed E-state index contributed by atoms with van der Waals surface area (Å²) in [7, 11) is -3.56. The minimum atomic E-state index is -3.56. The predicted molar refractivity (Wildman–Crippen MR) is 105 cm³/mol. The van der Waals surface area contributed by atoms with Gasteiger partial charge in [0.2, 0.25) is 10.0 Å². The third-order valence-electron chi connectivity index (χ3n) is 4.72. The second-order valence-corrected chi connectivity index (χ2v) is 8.65. The number of esters is 1. The zero-order valence-electron chi connectivity index (χ0n) is 15.5. The maximum atomic E-state index is 12.8. The lowest BCUT2D eigenvalue weighted by atomic mass is 10.1.